The molecule has 0 amide bonds. The number of para-hydroxylation sites is 2. The monoisotopic (exact) mass is 490 g/mol. The molecule has 0 aliphatic rings. The fourth-order valence-corrected chi connectivity index (χ4v) is 3.73. The number of nitrogens with zero attached hydrogens (tertiary/aromatic N) is 6. The first-order valence-electron chi connectivity index (χ1n) is 12.0. The van der Waals surface area contributed by atoms with E-state index in [2.05, 4.69) is 29.7 Å². The van der Waals surface area contributed by atoms with Crippen LogP contribution in [0.15, 0.2) is 122 Å². The number of anilines is 2. The average Bonchev–Trinajstić information content (AvgIpc) is 2.95. The highest BCUT2D eigenvalue weighted by Crippen LogP contribution is 2.28. The van der Waals surface area contributed by atoms with Crippen LogP contribution in [0.3, 0.4) is 0 Å². The van der Waals surface area contributed by atoms with Crippen molar-refractivity contribution in [1.82, 2.24) is 19.9 Å². The molecule has 1 aromatic carbocycles. The van der Waals surface area contributed by atoms with Crippen molar-refractivity contribution in [2.45, 2.75) is 19.6 Å². The second kappa shape index (κ2) is 13.3. The summed E-state index contributed by atoms with van der Waals surface area (Å²) in [5.74, 6) is 1.22. The van der Waals surface area contributed by atoms with Gasteiger partial charge in [-0.1, -0.05) is 36.4 Å². The molecule has 37 heavy (non-hydrogen) atoms. The molecule has 7 heteroatoms. The summed E-state index contributed by atoms with van der Waals surface area (Å²) < 4.78 is 0. The molecule has 4 aromatic heterocycles. The topological polar surface area (TPSA) is 78.3 Å². The minimum atomic E-state index is 0.259. The summed E-state index contributed by atoms with van der Waals surface area (Å²) >= 11 is 0. The molecule has 0 radical (unpaired) electrons. The van der Waals surface area contributed by atoms with Crippen LogP contribution < -0.4 is 9.80 Å². The van der Waals surface area contributed by atoms with Crippen LogP contribution in [0, 0.1) is 0 Å². The number of aromatic hydroxyl groups is 1. The van der Waals surface area contributed by atoms with E-state index in [9.17, 15) is 5.11 Å². The number of benzene rings is 1. The Morgan fingerprint density at radius 3 is 1.46 bits per heavy atom. The minimum absolute atomic E-state index is 0.259. The summed E-state index contributed by atoms with van der Waals surface area (Å²) in [6, 6.07) is 30.8. The molecule has 186 valence electrons. The van der Waals surface area contributed by atoms with E-state index in [0.29, 0.717) is 13.1 Å². The Balaban J connectivity index is 0.000000186. The van der Waals surface area contributed by atoms with E-state index in [1.54, 1.807) is 24.7 Å². The SMILES string of the molecule is CN(Cc1ccccn1)c1ccccn1.Oc1ccccc1N(Cc1ccccn1)Cc1ccccn1. The Hall–Kier alpha value is -4.78. The molecular weight excluding hydrogens is 460 g/mol. The molecule has 5 aromatic rings. The lowest BCUT2D eigenvalue weighted by atomic mass is 10.2. The first-order chi connectivity index (χ1) is 18.2. The molecule has 0 aliphatic heterocycles. The Morgan fingerprint density at radius 1 is 0.541 bits per heavy atom. The number of hydrogen-bond acceptors (Lipinski definition) is 7. The van der Waals surface area contributed by atoms with Gasteiger partial charge in [-0.2, -0.15) is 0 Å². The van der Waals surface area contributed by atoms with Crippen LogP contribution in [0.1, 0.15) is 17.1 Å². The van der Waals surface area contributed by atoms with Gasteiger partial charge in [-0.3, -0.25) is 15.0 Å². The van der Waals surface area contributed by atoms with Gasteiger partial charge in [0.05, 0.1) is 42.4 Å². The normalized spacial score (nSPS) is 10.2. The third-order valence-electron chi connectivity index (χ3n) is 5.55. The smallest absolute Gasteiger partial charge is 0.138 e. The second-order valence-corrected chi connectivity index (χ2v) is 8.35. The molecule has 0 atom stereocenters. The van der Waals surface area contributed by atoms with Crippen molar-refractivity contribution in [3.05, 3.63) is 139 Å². The predicted molar refractivity (Wildman–Crippen MR) is 147 cm³/mol. The highest BCUT2D eigenvalue weighted by atomic mass is 16.3. The van der Waals surface area contributed by atoms with Crippen molar-refractivity contribution in [3.63, 3.8) is 0 Å². The molecular formula is C30H30N6O. The van der Waals surface area contributed by atoms with Crippen LogP contribution in [0.5, 0.6) is 5.75 Å². The van der Waals surface area contributed by atoms with Crippen LogP contribution in [-0.4, -0.2) is 32.1 Å². The standard InChI is InChI=1S/C18H17N3O.C12H13N3/c22-18-10-2-1-9-17(18)21(13-15-7-3-5-11-19-15)14-16-8-4-6-12-20-16;1-15(12-7-3-5-9-14-12)10-11-6-2-4-8-13-11/h1-12,22H,13-14H2;2-9H,10H2,1H3. The van der Waals surface area contributed by atoms with Gasteiger partial charge in [0, 0.05) is 31.8 Å². The van der Waals surface area contributed by atoms with Crippen LogP contribution in [0.25, 0.3) is 0 Å². The van der Waals surface area contributed by atoms with Crippen molar-refractivity contribution in [2.24, 2.45) is 0 Å². The highest BCUT2D eigenvalue weighted by Gasteiger charge is 2.13. The molecule has 0 saturated carbocycles. The third kappa shape index (κ3) is 7.86. The Kier molecular flexibility index (Phi) is 9.13. The number of hydrogen-bond donors (Lipinski definition) is 1. The zero-order chi connectivity index (χ0) is 25.7. The predicted octanol–water partition coefficient (Wildman–Crippen LogP) is 5.50. The van der Waals surface area contributed by atoms with Crippen molar-refractivity contribution in [1.29, 1.82) is 0 Å². The lowest BCUT2D eigenvalue weighted by molar-refractivity contribution is 0.473. The number of phenolic OH excluding ortho intramolecular Hbond substituents is 1. The van der Waals surface area contributed by atoms with E-state index in [4.69, 9.17) is 0 Å². The second-order valence-electron chi connectivity index (χ2n) is 8.35. The van der Waals surface area contributed by atoms with Crippen LogP contribution in [-0.2, 0) is 19.6 Å². The molecule has 0 unspecified atom stereocenters. The number of pyridine rings is 4. The Bertz CT molecular complexity index is 1280. The minimum Gasteiger partial charge on any atom is -0.506 e. The first kappa shape index (κ1) is 25.3. The molecule has 0 spiro atoms. The Labute approximate surface area is 217 Å². The molecule has 1 N–H and O–H groups in total. The van der Waals surface area contributed by atoms with Gasteiger partial charge in [-0.05, 0) is 60.7 Å². The third-order valence-corrected chi connectivity index (χ3v) is 5.55. The molecule has 4 heterocycles. The van der Waals surface area contributed by atoms with E-state index in [1.807, 2.05) is 104 Å². The van der Waals surface area contributed by atoms with Crippen LogP contribution in [0.4, 0.5) is 11.5 Å². The number of phenols is 1. The van der Waals surface area contributed by atoms with Gasteiger partial charge in [0.1, 0.15) is 11.6 Å². The number of aromatic nitrogens is 4. The van der Waals surface area contributed by atoms with Gasteiger partial charge < -0.3 is 14.9 Å². The van der Waals surface area contributed by atoms with E-state index >= 15 is 0 Å². The van der Waals surface area contributed by atoms with Gasteiger partial charge in [-0.25, -0.2) is 4.98 Å². The van der Waals surface area contributed by atoms with E-state index in [0.717, 1.165) is 35.1 Å². The van der Waals surface area contributed by atoms with Crippen molar-refractivity contribution >= 4 is 11.5 Å². The fraction of sp³-hybridized carbons (Fsp3) is 0.133. The summed E-state index contributed by atoms with van der Waals surface area (Å²) in [5, 5.41) is 10.2. The molecule has 0 bridgehead atoms. The quantitative estimate of drug-likeness (QED) is 0.308. The summed E-state index contributed by atoms with van der Waals surface area (Å²) in [4.78, 5) is 21.4. The van der Waals surface area contributed by atoms with Crippen molar-refractivity contribution in [2.75, 3.05) is 16.8 Å². The maximum atomic E-state index is 10.2. The maximum Gasteiger partial charge on any atom is 0.138 e. The zero-order valence-corrected chi connectivity index (χ0v) is 20.8. The fourth-order valence-electron chi connectivity index (χ4n) is 3.73. The lowest BCUT2D eigenvalue weighted by Gasteiger charge is -2.25. The van der Waals surface area contributed by atoms with Crippen molar-refractivity contribution in [3.8, 4) is 5.75 Å². The van der Waals surface area contributed by atoms with E-state index in [-0.39, 0.29) is 5.75 Å². The van der Waals surface area contributed by atoms with Crippen LogP contribution in [0.2, 0.25) is 0 Å². The lowest BCUT2D eigenvalue weighted by Crippen LogP contribution is -2.23. The van der Waals surface area contributed by atoms with Gasteiger partial charge in [-0.15, -0.1) is 0 Å². The molecule has 7 nitrogen and oxygen atoms in total. The summed E-state index contributed by atoms with van der Waals surface area (Å²) in [6.45, 7) is 1.99. The van der Waals surface area contributed by atoms with E-state index < -0.39 is 0 Å². The number of rotatable bonds is 8. The Morgan fingerprint density at radius 2 is 1.00 bits per heavy atom. The molecule has 0 fully saturated rings. The van der Waals surface area contributed by atoms with Gasteiger partial charge in [0.2, 0.25) is 0 Å². The summed E-state index contributed by atoms with van der Waals surface area (Å²) in [6.07, 6.45) is 7.16. The highest BCUT2D eigenvalue weighted by molar-refractivity contribution is 5.57. The van der Waals surface area contributed by atoms with E-state index in [1.165, 1.54) is 0 Å². The van der Waals surface area contributed by atoms with Crippen LogP contribution >= 0.6 is 0 Å². The van der Waals surface area contributed by atoms with Crippen molar-refractivity contribution < 1.29 is 5.11 Å². The molecule has 0 saturated heterocycles. The largest absolute Gasteiger partial charge is 0.506 e. The molecule has 5 rings (SSSR count). The summed E-state index contributed by atoms with van der Waals surface area (Å²) in [7, 11) is 2.01. The summed E-state index contributed by atoms with van der Waals surface area (Å²) in [5.41, 5.74) is 3.72. The first-order valence-corrected chi connectivity index (χ1v) is 12.0. The average molecular weight is 491 g/mol. The zero-order valence-electron chi connectivity index (χ0n) is 20.8. The van der Waals surface area contributed by atoms with Gasteiger partial charge in [0.15, 0.2) is 0 Å². The van der Waals surface area contributed by atoms with Gasteiger partial charge in [0.25, 0.3) is 0 Å². The molecule has 0 aliphatic carbocycles. The van der Waals surface area contributed by atoms with Gasteiger partial charge >= 0.3 is 0 Å². The maximum absolute atomic E-state index is 10.2.